The van der Waals surface area contributed by atoms with Crippen LogP contribution in [0.1, 0.15) is 23.5 Å². The molecule has 0 saturated heterocycles. The van der Waals surface area contributed by atoms with Crippen molar-refractivity contribution in [3.8, 4) is 0 Å². The molecule has 1 atom stereocenters. The van der Waals surface area contributed by atoms with Gasteiger partial charge in [-0.3, -0.25) is 0 Å². The molecule has 0 aliphatic rings. The van der Waals surface area contributed by atoms with Crippen molar-refractivity contribution in [2.45, 2.75) is 19.1 Å². The molecule has 0 aliphatic heterocycles. The summed E-state index contributed by atoms with van der Waals surface area (Å²) in [6.45, 7) is 1.82. The van der Waals surface area contributed by atoms with Crippen molar-refractivity contribution >= 4 is 23.0 Å². The van der Waals surface area contributed by atoms with Gasteiger partial charge in [0, 0.05) is 18.6 Å². The summed E-state index contributed by atoms with van der Waals surface area (Å²) in [4.78, 5) is 8.19. The van der Waals surface area contributed by atoms with Gasteiger partial charge in [0.2, 0.25) is 0 Å². The van der Waals surface area contributed by atoms with Gasteiger partial charge >= 0.3 is 6.18 Å². The van der Waals surface area contributed by atoms with Gasteiger partial charge < -0.3 is 10.6 Å². The summed E-state index contributed by atoms with van der Waals surface area (Å²) >= 11 is 1.43. The molecule has 2 N–H and O–H groups in total. The minimum absolute atomic E-state index is 0.159. The summed E-state index contributed by atoms with van der Waals surface area (Å²) in [7, 11) is 1.52. The van der Waals surface area contributed by atoms with Gasteiger partial charge in [-0.2, -0.15) is 13.2 Å². The molecule has 0 bridgehead atoms. The summed E-state index contributed by atoms with van der Waals surface area (Å²) in [5.74, 6) is 0.320. The van der Waals surface area contributed by atoms with Crippen molar-refractivity contribution in [2.24, 2.45) is 0 Å². The van der Waals surface area contributed by atoms with Crippen LogP contribution in [0, 0.1) is 0 Å². The molecule has 8 heteroatoms. The van der Waals surface area contributed by atoms with Crippen molar-refractivity contribution in [3.63, 3.8) is 0 Å². The predicted molar refractivity (Wildman–Crippen MR) is 72.9 cm³/mol. The maximum absolute atomic E-state index is 12.8. The van der Waals surface area contributed by atoms with Crippen LogP contribution >= 0.6 is 11.3 Å². The standard InChI is InChI=1S/C12H13F3N4S/c1-7(11-17-3-4-20-11)18-10-6-8(12(13,14)15)5-9(16-2)19-10/h3-7H,1-2H3,(H2,16,18,19). The Balaban J connectivity index is 2.27. The second kappa shape index (κ2) is 5.66. The van der Waals surface area contributed by atoms with E-state index in [-0.39, 0.29) is 17.7 Å². The van der Waals surface area contributed by atoms with Crippen molar-refractivity contribution in [2.75, 3.05) is 17.7 Å². The number of hydrogen-bond donors (Lipinski definition) is 2. The molecular formula is C12H13F3N4S. The Morgan fingerprint density at radius 1 is 1.25 bits per heavy atom. The molecule has 0 spiro atoms. The molecule has 0 aromatic carbocycles. The minimum atomic E-state index is -4.41. The maximum atomic E-state index is 12.8. The lowest BCUT2D eigenvalue weighted by Crippen LogP contribution is -2.12. The van der Waals surface area contributed by atoms with Gasteiger partial charge in [0.25, 0.3) is 0 Å². The van der Waals surface area contributed by atoms with Crippen LogP contribution in [-0.2, 0) is 6.18 Å². The number of anilines is 2. The number of hydrogen-bond acceptors (Lipinski definition) is 5. The van der Waals surface area contributed by atoms with E-state index in [0.717, 1.165) is 17.1 Å². The molecule has 2 heterocycles. The Hall–Kier alpha value is -1.83. The smallest absolute Gasteiger partial charge is 0.373 e. The van der Waals surface area contributed by atoms with E-state index in [2.05, 4.69) is 20.6 Å². The first-order valence-corrected chi connectivity index (χ1v) is 6.71. The van der Waals surface area contributed by atoms with E-state index in [9.17, 15) is 13.2 Å². The molecule has 2 aromatic rings. The van der Waals surface area contributed by atoms with Gasteiger partial charge in [0.15, 0.2) is 0 Å². The molecule has 4 nitrogen and oxygen atoms in total. The molecule has 0 fully saturated rings. The van der Waals surface area contributed by atoms with Crippen molar-refractivity contribution in [1.29, 1.82) is 0 Å². The zero-order valence-electron chi connectivity index (χ0n) is 10.8. The fourth-order valence-electron chi connectivity index (χ4n) is 1.63. The molecule has 0 radical (unpaired) electrons. The number of nitrogens with zero attached hydrogens (tertiary/aromatic N) is 2. The van der Waals surface area contributed by atoms with Crippen LogP contribution < -0.4 is 10.6 Å². The highest BCUT2D eigenvalue weighted by Crippen LogP contribution is 2.32. The third-order valence-electron chi connectivity index (χ3n) is 2.60. The maximum Gasteiger partial charge on any atom is 0.416 e. The zero-order valence-corrected chi connectivity index (χ0v) is 11.6. The molecule has 2 aromatic heterocycles. The first-order chi connectivity index (χ1) is 9.40. The third kappa shape index (κ3) is 3.38. The lowest BCUT2D eigenvalue weighted by Gasteiger charge is -2.15. The molecule has 1 unspecified atom stereocenters. The molecule has 20 heavy (non-hydrogen) atoms. The number of aromatic nitrogens is 2. The number of nitrogens with one attached hydrogen (secondary N) is 2. The second-order valence-corrected chi connectivity index (χ2v) is 5.04. The lowest BCUT2D eigenvalue weighted by molar-refractivity contribution is -0.137. The first-order valence-electron chi connectivity index (χ1n) is 5.83. The van der Waals surface area contributed by atoms with Crippen LogP contribution in [0.4, 0.5) is 24.8 Å². The van der Waals surface area contributed by atoms with Crippen molar-refractivity contribution in [1.82, 2.24) is 9.97 Å². The Labute approximate surface area is 118 Å². The summed E-state index contributed by atoms with van der Waals surface area (Å²) in [5.41, 5.74) is -0.745. The molecule has 0 saturated carbocycles. The Bertz CT molecular complexity index is 569. The lowest BCUT2D eigenvalue weighted by atomic mass is 10.2. The van der Waals surface area contributed by atoms with E-state index < -0.39 is 11.7 Å². The van der Waals surface area contributed by atoms with Gasteiger partial charge in [-0.1, -0.05) is 0 Å². The topological polar surface area (TPSA) is 49.8 Å². The first kappa shape index (κ1) is 14.6. The zero-order chi connectivity index (χ0) is 14.8. The second-order valence-electron chi connectivity index (χ2n) is 4.11. The van der Waals surface area contributed by atoms with E-state index in [4.69, 9.17) is 0 Å². The van der Waals surface area contributed by atoms with Crippen LogP contribution in [0.15, 0.2) is 23.7 Å². The fourth-order valence-corrected chi connectivity index (χ4v) is 2.27. The largest absolute Gasteiger partial charge is 0.416 e. The van der Waals surface area contributed by atoms with Gasteiger partial charge in [-0.25, -0.2) is 9.97 Å². The Morgan fingerprint density at radius 2 is 1.95 bits per heavy atom. The summed E-state index contributed by atoms with van der Waals surface area (Å²) in [6, 6.07) is 1.75. The number of halogens is 3. The molecule has 108 valence electrons. The predicted octanol–water partition coefficient (Wildman–Crippen LogP) is 3.77. The van der Waals surface area contributed by atoms with E-state index in [0.29, 0.717) is 0 Å². The van der Waals surface area contributed by atoms with Crippen molar-refractivity contribution < 1.29 is 13.2 Å². The van der Waals surface area contributed by atoms with Crippen LogP contribution in [0.3, 0.4) is 0 Å². The van der Waals surface area contributed by atoms with Crippen molar-refractivity contribution in [3.05, 3.63) is 34.3 Å². The fraction of sp³-hybridized carbons (Fsp3) is 0.333. The van der Waals surface area contributed by atoms with E-state index in [1.165, 1.54) is 18.4 Å². The SMILES string of the molecule is CNc1cc(C(F)(F)F)cc(NC(C)c2nccs2)n1. The van der Waals surface area contributed by atoms with Gasteiger partial charge in [-0.15, -0.1) is 11.3 Å². The summed E-state index contributed by atoms with van der Waals surface area (Å²) in [6.07, 6.45) is -2.76. The quantitative estimate of drug-likeness (QED) is 0.902. The molecule has 0 amide bonds. The van der Waals surface area contributed by atoms with Gasteiger partial charge in [0.1, 0.15) is 16.6 Å². The van der Waals surface area contributed by atoms with Crippen LogP contribution in [-0.4, -0.2) is 17.0 Å². The number of alkyl halides is 3. The highest BCUT2D eigenvalue weighted by molar-refractivity contribution is 7.09. The van der Waals surface area contributed by atoms with E-state index >= 15 is 0 Å². The highest BCUT2D eigenvalue weighted by Gasteiger charge is 2.31. The number of pyridine rings is 1. The highest BCUT2D eigenvalue weighted by atomic mass is 32.1. The number of rotatable bonds is 4. The van der Waals surface area contributed by atoms with Gasteiger partial charge in [-0.05, 0) is 19.1 Å². The minimum Gasteiger partial charge on any atom is -0.373 e. The number of thiazole rings is 1. The van der Waals surface area contributed by atoms with E-state index in [1.807, 2.05) is 12.3 Å². The summed E-state index contributed by atoms with van der Waals surface area (Å²) < 4.78 is 38.4. The molecule has 2 rings (SSSR count). The Morgan fingerprint density at radius 3 is 2.50 bits per heavy atom. The van der Waals surface area contributed by atoms with Gasteiger partial charge in [0.05, 0.1) is 11.6 Å². The van der Waals surface area contributed by atoms with Crippen LogP contribution in [0.5, 0.6) is 0 Å². The average Bonchev–Trinajstić information content (AvgIpc) is 2.91. The third-order valence-corrected chi connectivity index (χ3v) is 3.55. The average molecular weight is 302 g/mol. The summed E-state index contributed by atoms with van der Waals surface area (Å²) in [5, 5.41) is 8.15. The normalized spacial score (nSPS) is 13.1. The Kier molecular flexibility index (Phi) is 4.12. The van der Waals surface area contributed by atoms with Crippen LogP contribution in [0.2, 0.25) is 0 Å². The van der Waals surface area contributed by atoms with E-state index in [1.54, 1.807) is 6.20 Å². The van der Waals surface area contributed by atoms with Crippen LogP contribution in [0.25, 0.3) is 0 Å². The monoisotopic (exact) mass is 302 g/mol. The molecule has 0 aliphatic carbocycles. The molecular weight excluding hydrogens is 289 g/mol.